The first-order chi connectivity index (χ1) is 10.7. The van der Waals surface area contributed by atoms with Gasteiger partial charge in [0.1, 0.15) is 0 Å². The second-order valence-corrected chi connectivity index (χ2v) is 5.21. The summed E-state index contributed by atoms with van der Waals surface area (Å²) in [7, 11) is 0. The molecule has 1 N–H and O–H groups in total. The number of hydrogen-bond donors (Lipinski definition) is 1. The lowest BCUT2D eigenvalue weighted by Crippen LogP contribution is -2.23. The van der Waals surface area contributed by atoms with Crippen LogP contribution in [0.4, 0.5) is 5.82 Å². The van der Waals surface area contributed by atoms with Crippen LogP contribution in [0, 0.1) is 0 Å². The Kier molecular flexibility index (Phi) is 4.21. The third-order valence-electron chi connectivity index (χ3n) is 3.23. The molecule has 0 saturated carbocycles. The Morgan fingerprint density at radius 1 is 1.09 bits per heavy atom. The van der Waals surface area contributed by atoms with Crippen LogP contribution < -0.4 is 10.9 Å². The number of benzene rings is 2. The van der Waals surface area contributed by atoms with E-state index < -0.39 is 0 Å². The molecule has 2 aromatic carbocycles. The highest BCUT2D eigenvalue weighted by molar-refractivity contribution is 6.30. The second kappa shape index (κ2) is 6.45. The average Bonchev–Trinajstić information content (AvgIpc) is 2.55. The van der Waals surface area contributed by atoms with Gasteiger partial charge in [0.25, 0.3) is 5.56 Å². The topological polar surface area (TPSA) is 46.9 Å². The fraction of sp³-hybridized carbons (Fsp3) is 0.0588. The van der Waals surface area contributed by atoms with E-state index in [1.165, 1.54) is 4.57 Å². The molecule has 0 aliphatic heterocycles. The van der Waals surface area contributed by atoms with Gasteiger partial charge >= 0.3 is 0 Å². The molecular formula is C17H14ClN3O. The van der Waals surface area contributed by atoms with Crippen molar-refractivity contribution in [1.82, 2.24) is 9.55 Å². The van der Waals surface area contributed by atoms with Crippen molar-refractivity contribution in [3.05, 3.63) is 87.9 Å². The third-order valence-corrected chi connectivity index (χ3v) is 3.46. The van der Waals surface area contributed by atoms with E-state index in [1.807, 2.05) is 42.5 Å². The van der Waals surface area contributed by atoms with Crippen LogP contribution in [-0.2, 0) is 6.54 Å². The molecule has 0 aliphatic rings. The molecule has 0 amide bonds. The maximum absolute atomic E-state index is 12.5. The van der Waals surface area contributed by atoms with Gasteiger partial charge in [-0.05, 0) is 23.8 Å². The van der Waals surface area contributed by atoms with Crippen LogP contribution in [-0.4, -0.2) is 9.55 Å². The lowest BCUT2D eigenvalue weighted by atomic mass is 10.2. The van der Waals surface area contributed by atoms with Crippen LogP contribution in [0.2, 0.25) is 5.02 Å². The molecule has 5 heteroatoms. The second-order valence-electron chi connectivity index (χ2n) is 4.77. The molecule has 1 aromatic heterocycles. The molecule has 0 spiro atoms. The molecule has 0 unspecified atom stereocenters. The van der Waals surface area contributed by atoms with Crippen LogP contribution in [0.15, 0.2) is 71.8 Å². The van der Waals surface area contributed by atoms with E-state index >= 15 is 0 Å². The zero-order valence-corrected chi connectivity index (χ0v) is 12.5. The number of nitrogens with one attached hydrogen (secondary N) is 1. The van der Waals surface area contributed by atoms with Crippen LogP contribution in [0.5, 0.6) is 0 Å². The Labute approximate surface area is 133 Å². The summed E-state index contributed by atoms with van der Waals surface area (Å²) >= 11 is 5.98. The lowest BCUT2D eigenvalue weighted by Gasteiger charge is -2.09. The van der Waals surface area contributed by atoms with Gasteiger partial charge in [0.05, 0.1) is 5.69 Å². The van der Waals surface area contributed by atoms with Crippen molar-refractivity contribution in [1.29, 1.82) is 0 Å². The summed E-state index contributed by atoms with van der Waals surface area (Å²) in [4.78, 5) is 16.6. The van der Waals surface area contributed by atoms with Gasteiger partial charge in [0.2, 0.25) is 0 Å². The van der Waals surface area contributed by atoms with Crippen molar-refractivity contribution in [3.63, 3.8) is 0 Å². The summed E-state index contributed by atoms with van der Waals surface area (Å²) in [6, 6.07) is 17.0. The van der Waals surface area contributed by atoms with Gasteiger partial charge in [0.15, 0.2) is 5.82 Å². The minimum Gasteiger partial charge on any atom is -0.361 e. The molecule has 0 atom stereocenters. The lowest BCUT2D eigenvalue weighted by molar-refractivity contribution is 0.944. The smallest absolute Gasteiger partial charge is 0.297 e. The van der Waals surface area contributed by atoms with E-state index in [4.69, 9.17) is 11.6 Å². The van der Waals surface area contributed by atoms with Gasteiger partial charge in [-0.1, -0.05) is 48.0 Å². The first kappa shape index (κ1) is 14.4. The van der Waals surface area contributed by atoms with Crippen LogP contribution >= 0.6 is 11.6 Å². The summed E-state index contributed by atoms with van der Waals surface area (Å²) in [5.74, 6) is 0.311. The molecule has 3 rings (SSSR count). The number of anilines is 1. The Hall–Kier alpha value is -2.59. The quantitative estimate of drug-likeness (QED) is 0.802. The summed E-state index contributed by atoms with van der Waals surface area (Å²) in [5.41, 5.74) is 1.59. The molecule has 0 radical (unpaired) electrons. The van der Waals surface area contributed by atoms with Crippen LogP contribution in [0.1, 0.15) is 5.56 Å². The van der Waals surface area contributed by atoms with E-state index in [2.05, 4.69) is 10.3 Å². The Morgan fingerprint density at radius 3 is 2.68 bits per heavy atom. The molecule has 0 fully saturated rings. The number of aromatic nitrogens is 2. The van der Waals surface area contributed by atoms with Gasteiger partial charge in [0, 0.05) is 24.0 Å². The largest absolute Gasteiger partial charge is 0.361 e. The Morgan fingerprint density at radius 2 is 1.91 bits per heavy atom. The number of hydrogen-bond acceptors (Lipinski definition) is 3. The predicted octanol–water partition coefficient (Wildman–Crippen LogP) is 3.50. The fourth-order valence-corrected chi connectivity index (χ4v) is 2.33. The molecule has 0 bridgehead atoms. The van der Waals surface area contributed by atoms with Gasteiger partial charge in [-0.25, -0.2) is 4.98 Å². The molecule has 0 aliphatic carbocycles. The normalized spacial score (nSPS) is 10.4. The van der Waals surface area contributed by atoms with E-state index in [-0.39, 0.29) is 5.56 Å². The monoisotopic (exact) mass is 311 g/mol. The molecule has 22 heavy (non-hydrogen) atoms. The van der Waals surface area contributed by atoms with Gasteiger partial charge in [-0.3, -0.25) is 9.36 Å². The third kappa shape index (κ3) is 3.18. The summed E-state index contributed by atoms with van der Waals surface area (Å²) in [6.45, 7) is 0.544. The summed E-state index contributed by atoms with van der Waals surface area (Å²) < 4.78 is 1.52. The van der Waals surface area contributed by atoms with E-state index in [1.54, 1.807) is 24.5 Å². The van der Waals surface area contributed by atoms with E-state index in [0.29, 0.717) is 23.1 Å². The van der Waals surface area contributed by atoms with E-state index in [9.17, 15) is 4.79 Å². The standard InChI is InChI=1S/C17H14ClN3O/c18-14-7-4-8-15(11-14)21-10-9-19-16(17(21)22)20-12-13-5-2-1-3-6-13/h1-11H,12H2,(H,19,20). The molecule has 1 heterocycles. The van der Waals surface area contributed by atoms with Crippen molar-refractivity contribution < 1.29 is 0 Å². The van der Waals surface area contributed by atoms with Gasteiger partial charge < -0.3 is 5.32 Å². The van der Waals surface area contributed by atoms with Gasteiger partial charge in [-0.2, -0.15) is 0 Å². The number of halogens is 1. The highest BCUT2D eigenvalue weighted by atomic mass is 35.5. The first-order valence-corrected chi connectivity index (χ1v) is 7.23. The predicted molar refractivity (Wildman–Crippen MR) is 88.6 cm³/mol. The maximum atomic E-state index is 12.5. The number of nitrogens with zero attached hydrogens (tertiary/aromatic N) is 2. The molecule has 110 valence electrons. The fourth-order valence-electron chi connectivity index (χ4n) is 2.14. The summed E-state index contributed by atoms with van der Waals surface area (Å²) in [5, 5.41) is 3.66. The van der Waals surface area contributed by atoms with Crippen molar-refractivity contribution in [3.8, 4) is 5.69 Å². The maximum Gasteiger partial charge on any atom is 0.297 e. The molecular weight excluding hydrogens is 298 g/mol. The molecule has 4 nitrogen and oxygen atoms in total. The molecule has 0 saturated heterocycles. The van der Waals surface area contributed by atoms with Gasteiger partial charge in [-0.15, -0.1) is 0 Å². The highest BCUT2D eigenvalue weighted by Gasteiger charge is 2.06. The van der Waals surface area contributed by atoms with Crippen LogP contribution in [0.25, 0.3) is 5.69 Å². The highest BCUT2D eigenvalue weighted by Crippen LogP contribution is 2.13. The number of rotatable bonds is 4. The first-order valence-electron chi connectivity index (χ1n) is 6.85. The minimum atomic E-state index is -0.208. The van der Waals surface area contributed by atoms with E-state index in [0.717, 1.165) is 5.56 Å². The SMILES string of the molecule is O=c1c(NCc2ccccc2)nccn1-c1cccc(Cl)c1. The van der Waals surface area contributed by atoms with Crippen molar-refractivity contribution in [2.24, 2.45) is 0 Å². The zero-order chi connectivity index (χ0) is 15.4. The average molecular weight is 312 g/mol. The summed E-state index contributed by atoms with van der Waals surface area (Å²) in [6.07, 6.45) is 3.22. The Bertz CT molecular complexity index is 831. The van der Waals surface area contributed by atoms with Crippen molar-refractivity contribution in [2.75, 3.05) is 5.32 Å². The molecule has 3 aromatic rings. The Balaban J connectivity index is 1.88. The van der Waals surface area contributed by atoms with Crippen LogP contribution in [0.3, 0.4) is 0 Å². The van der Waals surface area contributed by atoms with Crippen molar-refractivity contribution >= 4 is 17.4 Å². The minimum absolute atomic E-state index is 0.208. The zero-order valence-electron chi connectivity index (χ0n) is 11.7. The van der Waals surface area contributed by atoms with Crippen molar-refractivity contribution in [2.45, 2.75) is 6.54 Å².